The van der Waals surface area contributed by atoms with Crippen LogP contribution in [0.1, 0.15) is 311 Å². The number of unbranched alkanes of at least 4 members (excludes halogenated alkanes) is 24. The summed E-state index contributed by atoms with van der Waals surface area (Å²) in [5.41, 5.74) is 0. The van der Waals surface area contributed by atoms with Gasteiger partial charge < -0.3 is 48.5 Å². The Bertz CT molecular complexity index is 2020. The molecule has 4 aliphatic heterocycles. The molecule has 4 rings (SSSR count). The van der Waals surface area contributed by atoms with Crippen molar-refractivity contribution in [2.24, 2.45) is 0 Å². The zero-order valence-electron chi connectivity index (χ0n) is 59.3. The molecule has 0 saturated carbocycles. The van der Waals surface area contributed by atoms with Crippen LogP contribution in [0.3, 0.4) is 0 Å². The van der Waals surface area contributed by atoms with E-state index in [1.807, 2.05) is 0 Å². The maximum atomic E-state index is 13.2. The van der Waals surface area contributed by atoms with Crippen LogP contribution in [0.5, 0.6) is 0 Å². The number of aliphatic hydroxyl groups is 3. The predicted octanol–water partition coefficient (Wildman–Crippen LogP) is 13.1. The molecule has 0 aromatic carbocycles. The van der Waals surface area contributed by atoms with E-state index in [1.165, 1.54) is 38.5 Å². The molecule has 15 atom stereocenters. The number of rotatable bonds is 63. The fourth-order valence-corrected chi connectivity index (χ4v) is 12.6. The topological polar surface area (TPSA) is 240 Å². The highest BCUT2D eigenvalue weighted by atomic mass is 16.6. The summed E-state index contributed by atoms with van der Waals surface area (Å²) in [6.07, 6.45) is 29.5. The van der Waals surface area contributed by atoms with E-state index in [2.05, 4.69) is 56.2 Å². The van der Waals surface area contributed by atoms with Crippen LogP contribution in [0.4, 0.5) is 0 Å². The Hall–Kier alpha value is -3.46. The monoisotopic (exact) mass is 1320 g/mol. The Kier molecular flexibility index (Phi) is 44.0. The van der Waals surface area contributed by atoms with Crippen molar-refractivity contribution in [2.75, 3.05) is 52.5 Å². The molecule has 19 heteroatoms. The maximum Gasteiger partial charge on any atom is 0.320 e. The van der Waals surface area contributed by atoms with Gasteiger partial charge in [-0.2, -0.15) is 0 Å². The van der Waals surface area contributed by atoms with Gasteiger partial charge in [0.15, 0.2) is 6.10 Å². The zero-order valence-corrected chi connectivity index (χ0v) is 59.3. The molecular formula is C74H133N3O16. The van der Waals surface area contributed by atoms with Crippen LogP contribution in [-0.4, -0.2) is 191 Å². The molecule has 0 bridgehead atoms. The number of nitrogens with zero attached hydrogens (tertiary/aromatic N) is 3. The minimum absolute atomic E-state index is 0.0427. The van der Waals surface area contributed by atoms with Gasteiger partial charge in [0.25, 0.3) is 0 Å². The summed E-state index contributed by atoms with van der Waals surface area (Å²) in [5, 5.41) is 33.4. The van der Waals surface area contributed by atoms with Crippen molar-refractivity contribution >= 4 is 35.8 Å². The highest BCUT2D eigenvalue weighted by Gasteiger charge is 2.42. The lowest BCUT2D eigenvalue weighted by atomic mass is 9.99. The third-order valence-corrected chi connectivity index (χ3v) is 19.4. The lowest BCUT2D eigenvalue weighted by molar-refractivity contribution is -0.167. The summed E-state index contributed by atoms with van der Waals surface area (Å²) < 4.78 is 40.5. The lowest BCUT2D eigenvalue weighted by Gasteiger charge is -2.23. The molecule has 4 aliphatic rings. The highest BCUT2D eigenvalue weighted by molar-refractivity contribution is 5.73. The molecule has 0 amide bonds. The molecule has 0 spiro atoms. The first-order chi connectivity index (χ1) is 45.0. The molecular weight excluding hydrogens is 1190 g/mol. The Balaban J connectivity index is 1.14. The van der Waals surface area contributed by atoms with Crippen LogP contribution >= 0.6 is 0 Å². The fraction of sp³-hybridized carbons (Fsp3) is 0.919. The molecule has 4 fully saturated rings. The summed E-state index contributed by atoms with van der Waals surface area (Å²) in [6, 6.07) is 1.44. The first-order valence-electron chi connectivity index (χ1n) is 38.0. The Morgan fingerprint density at radius 1 is 0.376 bits per heavy atom. The van der Waals surface area contributed by atoms with E-state index in [-0.39, 0.29) is 69.1 Å². The Morgan fingerprint density at radius 3 is 1.14 bits per heavy atom. The molecule has 0 aliphatic carbocycles. The van der Waals surface area contributed by atoms with E-state index >= 15 is 0 Å². The molecule has 93 heavy (non-hydrogen) atoms. The van der Waals surface area contributed by atoms with Crippen LogP contribution in [-0.2, 0) is 61.9 Å². The standard InChI is InChI=1S/C74H133N3O16/c1-7-10-13-15-22-31-40-64(91-72(84)46-48-75-51-57(75)4)61(78)37-29-20-17-25-34-43-69(81)87-55-60(56-88-70(82)44-35-26-18-21-30-38-62(79)65(41-32-23-16-14-11-8-2)93-74(86)54-77-53-59(77)6)89-71(83)45-36-27-19-24-33-42-67-68(90-67)50-63(80)66(39-28-12-9-3)92-73(85)47-49-76-52-58(76)5/h57-68,78-80H,7-56H2,1-6H3. The number of carbonyl (C=O) groups excluding carboxylic acids is 6. The summed E-state index contributed by atoms with van der Waals surface area (Å²) in [6.45, 7) is 17.0. The summed E-state index contributed by atoms with van der Waals surface area (Å²) in [7, 11) is 0. The van der Waals surface area contributed by atoms with E-state index < -0.39 is 60.6 Å². The number of ether oxygens (including phenoxy) is 7. The smallest absolute Gasteiger partial charge is 0.320 e. The minimum Gasteiger partial charge on any atom is -0.462 e. The van der Waals surface area contributed by atoms with Gasteiger partial charge >= 0.3 is 35.8 Å². The largest absolute Gasteiger partial charge is 0.462 e. The summed E-state index contributed by atoms with van der Waals surface area (Å²) >= 11 is 0. The SMILES string of the molecule is CCCCCCCCC(OC(=O)CCN1CC1C)C(O)CCCCCCCC(=O)OCC(COC(=O)CCCCCCCC(O)C(CCCCCCCC)OC(=O)CN1CC1C)OC(=O)CCCCCCCC1OC1CC(O)C(CCCCC)OC(=O)CCN1CC1C. The van der Waals surface area contributed by atoms with E-state index in [4.69, 9.17) is 33.2 Å². The van der Waals surface area contributed by atoms with Crippen LogP contribution in [0.2, 0.25) is 0 Å². The van der Waals surface area contributed by atoms with Gasteiger partial charge in [0.2, 0.25) is 0 Å². The van der Waals surface area contributed by atoms with Gasteiger partial charge in [-0.1, -0.05) is 175 Å². The van der Waals surface area contributed by atoms with Crippen LogP contribution < -0.4 is 0 Å². The molecule has 4 saturated heterocycles. The zero-order chi connectivity index (χ0) is 67.4. The van der Waals surface area contributed by atoms with E-state index in [9.17, 15) is 44.1 Å². The third-order valence-electron chi connectivity index (χ3n) is 19.4. The molecule has 19 nitrogen and oxygen atoms in total. The van der Waals surface area contributed by atoms with Crippen LogP contribution in [0, 0.1) is 0 Å². The number of esters is 6. The van der Waals surface area contributed by atoms with E-state index in [0.717, 1.165) is 161 Å². The summed E-state index contributed by atoms with van der Waals surface area (Å²) in [5.74, 6) is -2.06. The molecule has 15 unspecified atom stereocenters. The van der Waals surface area contributed by atoms with Gasteiger partial charge in [-0.05, 0) is 97.8 Å². The fourth-order valence-electron chi connectivity index (χ4n) is 12.6. The quantitative estimate of drug-likeness (QED) is 0.0222. The van der Waals surface area contributed by atoms with Gasteiger partial charge in [-0.25, -0.2) is 0 Å². The summed E-state index contributed by atoms with van der Waals surface area (Å²) in [4.78, 5) is 83.8. The van der Waals surface area contributed by atoms with Gasteiger partial charge in [-0.15, -0.1) is 0 Å². The van der Waals surface area contributed by atoms with Crippen molar-refractivity contribution in [1.29, 1.82) is 0 Å². The molecule has 4 heterocycles. The van der Waals surface area contributed by atoms with Crippen molar-refractivity contribution in [2.45, 2.75) is 384 Å². The van der Waals surface area contributed by atoms with Gasteiger partial charge in [0.05, 0.1) is 49.9 Å². The second kappa shape index (κ2) is 50.0. The van der Waals surface area contributed by atoms with Gasteiger partial charge in [0.1, 0.15) is 31.5 Å². The second-order valence-electron chi connectivity index (χ2n) is 28.2. The van der Waals surface area contributed by atoms with Gasteiger partial charge in [-0.3, -0.25) is 43.5 Å². The van der Waals surface area contributed by atoms with Crippen LogP contribution in [0.25, 0.3) is 0 Å². The predicted molar refractivity (Wildman–Crippen MR) is 362 cm³/mol. The number of aliphatic hydroxyl groups excluding tert-OH is 3. The minimum atomic E-state index is -0.954. The van der Waals surface area contributed by atoms with Crippen molar-refractivity contribution < 1.29 is 77.2 Å². The number of hydrogen-bond acceptors (Lipinski definition) is 19. The highest BCUT2D eigenvalue weighted by Crippen LogP contribution is 2.33. The molecule has 0 radical (unpaired) electrons. The number of carbonyl (C=O) groups is 6. The first kappa shape index (κ1) is 82.0. The Morgan fingerprint density at radius 2 is 0.710 bits per heavy atom. The van der Waals surface area contributed by atoms with E-state index in [0.29, 0.717) is 102 Å². The van der Waals surface area contributed by atoms with Crippen molar-refractivity contribution in [3.05, 3.63) is 0 Å². The number of hydrogen-bond donors (Lipinski definition) is 3. The molecule has 540 valence electrons. The van der Waals surface area contributed by atoms with E-state index in [1.54, 1.807) is 0 Å². The average molecular weight is 1320 g/mol. The first-order valence-corrected chi connectivity index (χ1v) is 38.0. The Labute approximate surface area is 562 Å². The molecule has 0 aromatic heterocycles. The number of epoxide rings is 1. The normalized spacial score (nSPS) is 22.5. The van der Waals surface area contributed by atoms with Crippen LogP contribution in [0.15, 0.2) is 0 Å². The second-order valence-corrected chi connectivity index (χ2v) is 28.2. The maximum absolute atomic E-state index is 13.2. The lowest BCUT2D eigenvalue weighted by Crippen LogP contribution is -2.33. The van der Waals surface area contributed by atoms with Crippen molar-refractivity contribution in [3.8, 4) is 0 Å². The molecule has 3 N–H and O–H groups in total. The average Bonchev–Trinajstić information content (AvgIpc) is 1.93. The van der Waals surface area contributed by atoms with Crippen molar-refractivity contribution in [1.82, 2.24) is 14.7 Å². The third kappa shape index (κ3) is 40.8. The van der Waals surface area contributed by atoms with Crippen molar-refractivity contribution in [3.63, 3.8) is 0 Å². The molecule has 0 aromatic rings. The van der Waals surface area contributed by atoms with Gasteiger partial charge in [0, 0.05) is 76.5 Å².